The third kappa shape index (κ3) is 4.10. The van der Waals surface area contributed by atoms with E-state index in [1.165, 1.54) is 23.9 Å². The molecular formula is C16H13ClFN3OS. The number of aromatic amines is 1. The van der Waals surface area contributed by atoms with Gasteiger partial charge in [0.15, 0.2) is 5.82 Å². The molecule has 0 saturated carbocycles. The molecule has 0 aliphatic heterocycles. The summed E-state index contributed by atoms with van der Waals surface area (Å²) in [6.07, 6.45) is -0.710. The molecule has 1 heterocycles. The summed E-state index contributed by atoms with van der Waals surface area (Å²) in [6.45, 7) is 0. The zero-order valence-electron chi connectivity index (χ0n) is 11.9. The van der Waals surface area contributed by atoms with Crippen LogP contribution in [0.4, 0.5) is 4.39 Å². The number of aliphatic hydroxyl groups excluding tert-OH is 1. The smallest absolute Gasteiger partial charge is 0.208 e. The summed E-state index contributed by atoms with van der Waals surface area (Å²) in [5, 5.41) is 18.3. The first kappa shape index (κ1) is 16.0. The van der Waals surface area contributed by atoms with E-state index in [0.29, 0.717) is 27.3 Å². The van der Waals surface area contributed by atoms with E-state index in [-0.39, 0.29) is 5.82 Å². The second kappa shape index (κ2) is 7.12. The monoisotopic (exact) mass is 349 g/mol. The number of rotatable bonds is 5. The van der Waals surface area contributed by atoms with E-state index in [9.17, 15) is 9.50 Å². The number of hydrogen-bond donors (Lipinski definition) is 2. The van der Waals surface area contributed by atoms with Crippen molar-refractivity contribution in [3.8, 4) is 11.4 Å². The van der Waals surface area contributed by atoms with Crippen LogP contribution in [-0.4, -0.2) is 26.0 Å². The van der Waals surface area contributed by atoms with E-state index < -0.39 is 6.10 Å². The van der Waals surface area contributed by atoms with E-state index in [1.54, 1.807) is 24.3 Å². The van der Waals surface area contributed by atoms with Gasteiger partial charge in [-0.1, -0.05) is 35.5 Å². The molecule has 1 atom stereocenters. The van der Waals surface area contributed by atoms with Gasteiger partial charge in [0.05, 0.1) is 6.10 Å². The van der Waals surface area contributed by atoms with Crippen LogP contribution in [0.3, 0.4) is 0 Å². The third-order valence-corrected chi connectivity index (χ3v) is 4.38. The van der Waals surface area contributed by atoms with Gasteiger partial charge in [0, 0.05) is 16.3 Å². The summed E-state index contributed by atoms with van der Waals surface area (Å²) in [7, 11) is 0. The fourth-order valence-electron chi connectivity index (χ4n) is 1.98. The van der Waals surface area contributed by atoms with Crippen LogP contribution in [-0.2, 0) is 0 Å². The quantitative estimate of drug-likeness (QED) is 0.681. The molecule has 7 heteroatoms. The Morgan fingerprint density at radius 1 is 1.13 bits per heavy atom. The largest absolute Gasteiger partial charge is 0.388 e. The first-order valence-electron chi connectivity index (χ1n) is 6.86. The number of benzene rings is 2. The molecular weight excluding hydrogens is 337 g/mol. The minimum atomic E-state index is -0.710. The molecule has 0 saturated heterocycles. The van der Waals surface area contributed by atoms with Gasteiger partial charge in [0.1, 0.15) is 5.82 Å². The number of nitrogens with zero attached hydrogens (tertiary/aromatic N) is 2. The molecule has 118 valence electrons. The van der Waals surface area contributed by atoms with Crippen LogP contribution in [0, 0.1) is 5.82 Å². The first-order valence-corrected chi connectivity index (χ1v) is 8.23. The predicted molar refractivity (Wildman–Crippen MR) is 88.9 cm³/mol. The van der Waals surface area contributed by atoms with Gasteiger partial charge in [0.2, 0.25) is 5.16 Å². The molecule has 4 nitrogen and oxygen atoms in total. The first-order chi connectivity index (χ1) is 11.1. The summed E-state index contributed by atoms with van der Waals surface area (Å²) in [5.74, 6) is 0.694. The minimum Gasteiger partial charge on any atom is -0.388 e. The summed E-state index contributed by atoms with van der Waals surface area (Å²) >= 11 is 7.18. The van der Waals surface area contributed by atoms with Crippen molar-refractivity contribution in [3.63, 3.8) is 0 Å². The number of hydrogen-bond acceptors (Lipinski definition) is 4. The molecule has 3 aromatic rings. The number of H-pyrrole nitrogens is 1. The van der Waals surface area contributed by atoms with Crippen LogP contribution in [0.1, 0.15) is 11.7 Å². The highest BCUT2D eigenvalue weighted by Crippen LogP contribution is 2.25. The van der Waals surface area contributed by atoms with Gasteiger partial charge in [0.25, 0.3) is 0 Å². The number of thioether (sulfide) groups is 1. The minimum absolute atomic E-state index is 0.324. The highest BCUT2D eigenvalue weighted by molar-refractivity contribution is 7.99. The lowest BCUT2D eigenvalue weighted by atomic mass is 10.1. The van der Waals surface area contributed by atoms with Crippen molar-refractivity contribution < 1.29 is 9.50 Å². The molecule has 0 aliphatic carbocycles. The number of aliphatic hydroxyl groups is 1. The summed E-state index contributed by atoms with van der Waals surface area (Å²) < 4.78 is 12.9. The Morgan fingerprint density at radius 2 is 1.83 bits per heavy atom. The van der Waals surface area contributed by atoms with Gasteiger partial charge in [-0.2, -0.15) is 0 Å². The number of nitrogens with one attached hydrogen (secondary N) is 1. The van der Waals surface area contributed by atoms with E-state index in [0.717, 1.165) is 5.56 Å². The summed E-state index contributed by atoms with van der Waals surface area (Å²) in [6, 6.07) is 13.1. The maximum Gasteiger partial charge on any atom is 0.208 e. The van der Waals surface area contributed by atoms with Crippen molar-refractivity contribution >= 4 is 23.4 Å². The predicted octanol–water partition coefficient (Wildman–Crippen LogP) is 4.09. The highest BCUT2D eigenvalue weighted by atomic mass is 35.5. The van der Waals surface area contributed by atoms with Gasteiger partial charge in [-0.25, -0.2) is 9.37 Å². The Labute approximate surface area is 141 Å². The topological polar surface area (TPSA) is 61.8 Å². The molecule has 2 N–H and O–H groups in total. The van der Waals surface area contributed by atoms with Crippen molar-refractivity contribution in [3.05, 3.63) is 64.9 Å². The van der Waals surface area contributed by atoms with Crippen LogP contribution >= 0.6 is 23.4 Å². The van der Waals surface area contributed by atoms with Gasteiger partial charge in [-0.3, -0.25) is 5.10 Å². The fraction of sp³-hybridized carbons (Fsp3) is 0.125. The maximum absolute atomic E-state index is 12.9. The average molecular weight is 350 g/mol. The van der Waals surface area contributed by atoms with Crippen molar-refractivity contribution in [1.82, 2.24) is 15.2 Å². The van der Waals surface area contributed by atoms with E-state index in [4.69, 9.17) is 11.6 Å². The molecule has 0 aliphatic rings. The molecule has 0 bridgehead atoms. The third-order valence-electron chi connectivity index (χ3n) is 3.21. The van der Waals surface area contributed by atoms with Crippen LogP contribution in [0.2, 0.25) is 5.02 Å². The molecule has 23 heavy (non-hydrogen) atoms. The van der Waals surface area contributed by atoms with Crippen LogP contribution in [0.5, 0.6) is 0 Å². The molecule has 0 fully saturated rings. The van der Waals surface area contributed by atoms with Gasteiger partial charge >= 0.3 is 0 Å². The van der Waals surface area contributed by atoms with Gasteiger partial charge in [-0.15, -0.1) is 5.10 Å². The average Bonchev–Trinajstić information content (AvgIpc) is 3.03. The lowest BCUT2D eigenvalue weighted by molar-refractivity contribution is 0.204. The second-order valence-corrected chi connectivity index (χ2v) is 6.28. The van der Waals surface area contributed by atoms with Crippen LogP contribution < -0.4 is 0 Å². The van der Waals surface area contributed by atoms with Crippen LogP contribution in [0.25, 0.3) is 11.4 Å². The molecule has 3 rings (SSSR count). The Balaban J connectivity index is 1.63. The maximum atomic E-state index is 12.9. The van der Waals surface area contributed by atoms with Crippen LogP contribution in [0.15, 0.2) is 53.7 Å². The summed E-state index contributed by atoms with van der Waals surface area (Å²) in [4.78, 5) is 4.37. The lowest BCUT2D eigenvalue weighted by Gasteiger charge is -2.08. The Morgan fingerprint density at radius 3 is 2.52 bits per heavy atom. The van der Waals surface area contributed by atoms with Crippen molar-refractivity contribution in [1.29, 1.82) is 0 Å². The Hall–Kier alpha value is -1.89. The van der Waals surface area contributed by atoms with Gasteiger partial charge in [-0.05, 0) is 42.0 Å². The van der Waals surface area contributed by atoms with E-state index >= 15 is 0 Å². The Bertz CT molecular complexity index is 777. The van der Waals surface area contributed by atoms with E-state index in [2.05, 4.69) is 15.2 Å². The molecule has 0 amide bonds. The van der Waals surface area contributed by atoms with Crippen molar-refractivity contribution in [2.75, 3.05) is 5.75 Å². The fourth-order valence-corrected chi connectivity index (χ4v) is 2.87. The zero-order valence-corrected chi connectivity index (χ0v) is 13.5. The number of aromatic nitrogens is 3. The van der Waals surface area contributed by atoms with Crippen molar-refractivity contribution in [2.45, 2.75) is 11.3 Å². The SMILES string of the molecule is OC(CSc1n[nH]c(-c2ccc(Cl)cc2)n1)c1ccc(F)cc1. The normalized spacial score (nSPS) is 12.3. The van der Waals surface area contributed by atoms with Gasteiger partial charge < -0.3 is 5.11 Å². The zero-order chi connectivity index (χ0) is 16.2. The molecule has 0 spiro atoms. The van der Waals surface area contributed by atoms with E-state index in [1.807, 2.05) is 12.1 Å². The molecule has 1 unspecified atom stereocenters. The molecule has 0 radical (unpaired) electrons. The number of halogens is 2. The molecule has 2 aromatic carbocycles. The lowest BCUT2D eigenvalue weighted by Crippen LogP contribution is -2.00. The Kier molecular flexibility index (Phi) is 4.95. The standard InChI is InChI=1S/C16H13ClFN3OS/c17-12-5-1-11(2-6-12)15-19-16(21-20-15)23-9-14(22)10-3-7-13(18)8-4-10/h1-8,14,22H,9H2,(H,19,20,21). The highest BCUT2D eigenvalue weighted by Gasteiger charge is 2.11. The molecule has 1 aromatic heterocycles. The van der Waals surface area contributed by atoms with Crippen molar-refractivity contribution in [2.24, 2.45) is 0 Å². The summed E-state index contributed by atoms with van der Waals surface area (Å²) in [5.41, 5.74) is 1.54. The second-order valence-electron chi connectivity index (χ2n) is 4.85.